The predicted molar refractivity (Wildman–Crippen MR) is 73.3 cm³/mol. The lowest BCUT2D eigenvalue weighted by atomic mass is 9.72. The van der Waals surface area contributed by atoms with E-state index in [2.05, 4.69) is 34.6 Å². The summed E-state index contributed by atoms with van der Waals surface area (Å²) in [5.74, 6) is 0.498. The molecule has 1 aromatic heterocycles. The minimum absolute atomic E-state index is 0.244. The Kier molecular flexibility index (Phi) is 2.76. The van der Waals surface area contributed by atoms with Crippen molar-refractivity contribution in [1.29, 1.82) is 0 Å². The molecule has 2 unspecified atom stereocenters. The highest BCUT2D eigenvalue weighted by atomic mass is 14.9. The molecule has 18 heavy (non-hydrogen) atoms. The molecule has 1 aliphatic rings. The third-order valence-corrected chi connectivity index (χ3v) is 3.83. The molecule has 0 amide bonds. The summed E-state index contributed by atoms with van der Waals surface area (Å²) in [6.07, 6.45) is 4.72. The van der Waals surface area contributed by atoms with Crippen molar-refractivity contribution < 1.29 is 0 Å². The molecule has 0 bridgehead atoms. The zero-order valence-electron chi connectivity index (χ0n) is 10.4. The molecular formula is C15H17N3. The van der Waals surface area contributed by atoms with Crippen LogP contribution in [-0.4, -0.2) is 12.0 Å². The van der Waals surface area contributed by atoms with Crippen LogP contribution in [-0.2, 0) is 6.42 Å². The molecule has 0 fully saturated rings. The Morgan fingerprint density at radius 1 is 1.33 bits per heavy atom. The number of fused-ring (bicyclic) bond motifs is 1. The van der Waals surface area contributed by atoms with Crippen molar-refractivity contribution in [1.82, 2.24) is 10.3 Å². The second-order valence-corrected chi connectivity index (χ2v) is 4.78. The molecule has 3 N–H and O–H groups in total. The summed E-state index contributed by atoms with van der Waals surface area (Å²) in [5.41, 5.74) is 10.8. The van der Waals surface area contributed by atoms with E-state index in [0.717, 1.165) is 17.7 Å². The van der Waals surface area contributed by atoms with Crippen LogP contribution in [0.15, 0.2) is 42.7 Å². The number of nitrogen functional groups attached to an aromatic ring is 1. The SMILES string of the molecule is CNC(c1cnccc1N)C1Cc2ccccc21. The third-order valence-electron chi connectivity index (χ3n) is 3.83. The van der Waals surface area contributed by atoms with Crippen molar-refractivity contribution in [3.63, 3.8) is 0 Å². The largest absolute Gasteiger partial charge is 0.398 e. The number of nitrogens with zero attached hydrogens (tertiary/aromatic N) is 1. The molecule has 0 saturated carbocycles. The molecule has 3 rings (SSSR count). The maximum atomic E-state index is 6.05. The number of likely N-dealkylation sites (N-methyl/N-ethyl adjacent to an activating group) is 1. The fourth-order valence-electron chi connectivity index (χ4n) is 2.85. The van der Waals surface area contributed by atoms with Crippen LogP contribution in [0.1, 0.15) is 28.7 Å². The van der Waals surface area contributed by atoms with E-state index in [1.54, 1.807) is 6.20 Å². The number of benzene rings is 1. The second-order valence-electron chi connectivity index (χ2n) is 4.78. The van der Waals surface area contributed by atoms with E-state index in [1.165, 1.54) is 11.1 Å². The number of nitrogens with two attached hydrogens (primary N) is 1. The van der Waals surface area contributed by atoms with Crippen molar-refractivity contribution in [2.75, 3.05) is 12.8 Å². The minimum Gasteiger partial charge on any atom is -0.398 e. The molecule has 0 radical (unpaired) electrons. The molecule has 1 aliphatic carbocycles. The molecule has 0 spiro atoms. The Bertz CT molecular complexity index is 565. The van der Waals surface area contributed by atoms with Gasteiger partial charge in [-0.3, -0.25) is 4.98 Å². The quantitative estimate of drug-likeness (QED) is 0.864. The fraction of sp³-hybridized carbons (Fsp3) is 0.267. The smallest absolute Gasteiger partial charge is 0.0426 e. The topological polar surface area (TPSA) is 50.9 Å². The van der Waals surface area contributed by atoms with Crippen molar-refractivity contribution in [2.45, 2.75) is 18.4 Å². The van der Waals surface area contributed by atoms with Crippen molar-refractivity contribution in [3.05, 3.63) is 59.4 Å². The number of anilines is 1. The van der Waals surface area contributed by atoms with E-state index in [9.17, 15) is 0 Å². The van der Waals surface area contributed by atoms with Crippen molar-refractivity contribution in [3.8, 4) is 0 Å². The van der Waals surface area contributed by atoms with Crippen LogP contribution in [0.3, 0.4) is 0 Å². The zero-order chi connectivity index (χ0) is 12.5. The summed E-state index contributed by atoms with van der Waals surface area (Å²) in [4.78, 5) is 4.19. The van der Waals surface area contributed by atoms with E-state index in [4.69, 9.17) is 5.73 Å². The van der Waals surface area contributed by atoms with Crippen molar-refractivity contribution >= 4 is 5.69 Å². The van der Waals surface area contributed by atoms with Gasteiger partial charge in [0.2, 0.25) is 0 Å². The van der Waals surface area contributed by atoms with Gasteiger partial charge in [-0.1, -0.05) is 24.3 Å². The molecule has 1 aromatic carbocycles. The number of rotatable bonds is 3. The molecule has 1 heterocycles. The van der Waals surface area contributed by atoms with Gasteiger partial charge in [-0.25, -0.2) is 0 Å². The lowest BCUT2D eigenvalue weighted by Gasteiger charge is -2.37. The maximum absolute atomic E-state index is 6.05. The number of aromatic nitrogens is 1. The van der Waals surface area contributed by atoms with Gasteiger partial charge in [0.15, 0.2) is 0 Å². The first kappa shape index (κ1) is 11.2. The highest BCUT2D eigenvalue weighted by Crippen LogP contribution is 2.44. The first-order valence-corrected chi connectivity index (χ1v) is 6.25. The molecule has 0 aliphatic heterocycles. The van der Waals surface area contributed by atoms with E-state index in [0.29, 0.717) is 5.92 Å². The maximum Gasteiger partial charge on any atom is 0.0426 e. The Morgan fingerprint density at radius 2 is 2.17 bits per heavy atom. The highest BCUT2D eigenvalue weighted by molar-refractivity contribution is 5.50. The monoisotopic (exact) mass is 239 g/mol. The lowest BCUT2D eigenvalue weighted by Crippen LogP contribution is -2.31. The van der Waals surface area contributed by atoms with Gasteiger partial charge in [0, 0.05) is 35.6 Å². The van der Waals surface area contributed by atoms with Crippen LogP contribution in [0.5, 0.6) is 0 Å². The number of nitrogens with one attached hydrogen (secondary N) is 1. The standard InChI is InChI=1S/C15H17N3/c1-17-15(13-9-18-7-6-14(13)16)12-8-10-4-2-3-5-11(10)12/h2-7,9,12,15,17H,8H2,1H3,(H2,16,18). The van der Waals surface area contributed by atoms with Crippen LogP contribution in [0.2, 0.25) is 0 Å². The molecule has 2 atom stereocenters. The van der Waals surface area contributed by atoms with Gasteiger partial charge < -0.3 is 11.1 Å². The van der Waals surface area contributed by atoms with Gasteiger partial charge in [-0.05, 0) is 30.7 Å². The van der Waals surface area contributed by atoms with E-state index in [1.807, 2.05) is 19.3 Å². The second kappa shape index (κ2) is 4.42. The molecule has 0 saturated heterocycles. The third kappa shape index (κ3) is 1.68. The van der Waals surface area contributed by atoms with Gasteiger partial charge in [-0.2, -0.15) is 0 Å². The Labute approximate surface area is 107 Å². The summed E-state index contributed by atoms with van der Waals surface area (Å²) >= 11 is 0. The summed E-state index contributed by atoms with van der Waals surface area (Å²) in [6.45, 7) is 0. The molecular weight excluding hydrogens is 222 g/mol. The first-order chi connectivity index (χ1) is 8.81. The molecule has 3 nitrogen and oxygen atoms in total. The Hall–Kier alpha value is -1.87. The average Bonchev–Trinajstić information content (AvgIpc) is 2.37. The predicted octanol–water partition coefficient (Wildman–Crippen LogP) is 2.26. The van der Waals surface area contributed by atoms with Gasteiger partial charge in [0.25, 0.3) is 0 Å². The summed E-state index contributed by atoms with van der Waals surface area (Å²) in [5, 5.41) is 3.38. The fourth-order valence-corrected chi connectivity index (χ4v) is 2.85. The Balaban J connectivity index is 1.95. The molecule has 92 valence electrons. The average molecular weight is 239 g/mol. The van der Waals surface area contributed by atoms with E-state index < -0.39 is 0 Å². The Morgan fingerprint density at radius 3 is 2.89 bits per heavy atom. The van der Waals surface area contributed by atoms with Crippen LogP contribution in [0.4, 0.5) is 5.69 Å². The normalized spacial score (nSPS) is 18.8. The lowest BCUT2D eigenvalue weighted by molar-refractivity contribution is 0.439. The first-order valence-electron chi connectivity index (χ1n) is 6.25. The van der Waals surface area contributed by atoms with Gasteiger partial charge in [0.1, 0.15) is 0 Å². The van der Waals surface area contributed by atoms with Crippen LogP contribution in [0, 0.1) is 0 Å². The van der Waals surface area contributed by atoms with Gasteiger partial charge in [-0.15, -0.1) is 0 Å². The van der Waals surface area contributed by atoms with E-state index in [-0.39, 0.29) is 6.04 Å². The summed E-state index contributed by atoms with van der Waals surface area (Å²) in [7, 11) is 1.98. The molecule has 3 heteroatoms. The number of hydrogen-bond donors (Lipinski definition) is 2. The van der Waals surface area contributed by atoms with Gasteiger partial charge in [0.05, 0.1) is 0 Å². The zero-order valence-corrected chi connectivity index (χ0v) is 10.4. The number of hydrogen-bond acceptors (Lipinski definition) is 3. The highest BCUT2D eigenvalue weighted by Gasteiger charge is 2.33. The van der Waals surface area contributed by atoms with Gasteiger partial charge >= 0.3 is 0 Å². The van der Waals surface area contributed by atoms with E-state index >= 15 is 0 Å². The van der Waals surface area contributed by atoms with Crippen LogP contribution >= 0.6 is 0 Å². The van der Waals surface area contributed by atoms with Crippen LogP contribution in [0.25, 0.3) is 0 Å². The van der Waals surface area contributed by atoms with Crippen molar-refractivity contribution in [2.24, 2.45) is 0 Å². The number of pyridine rings is 1. The summed E-state index contributed by atoms with van der Waals surface area (Å²) in [6, 6.07) is 10.7. The summed E-state index contributed by atoms with van der Waals surface area (Å²) < 4.78 is 0. The van der Waals surface area contributed by atoms with Crippen LogP contribution < -0.4 is 11.1 Å². The molecule has 2 aromatic rings. The minimum atomic E-state index is 0.244.